The van der Waals surface area contributed by atoms with Gasteiger partial charge in [-0.05, 0) is 42.7 Å². The first-order valence-corrected chi connectivity index (χ1v) is 7.90. The highest BCUT2D eigenvalue weighted by atomic mass is 19.1. The number of imidazole rings is 1. The second-order valence-electron chi connectivity index (χ2n) is 5.96. The van der Waals surface area contributed by atoms with Crippen LogP contribution in [-0.4, -0.2) is 22.0 Å². The van der Waals surface area contributed by atoms with Crippen molar-refractivity contribution in [3.05, 3.63) is 64.3 Å². The summed E-state index contributed by atoms with van der Waals surface area (Å²) in [5.74, 6) is -0.568. The molecule has 2 heterocycles. The molecule has 1 aromatic heterocycles. The zero-order valence-electron chi connectivity index (χ0n) is 13.0. The predicted molar refractivity (Wildman–Crippen MR) is 89.6 cm³/mol. The quantitative estimate of drug-likeness (QED) is 0.787. The van der Waals surface area contributed by atoms with Gasteiger partial charge < -0.3 is 9.88 Å². The van der Waals surface area contributed by atoms with E-state index in [9.17, 15) is 14.0 Å². The second-order valence-corrected chi connectivity index (χ2v) is 5.96. The van der Waals surface area contributed by atoms with E-state index in [-0.39, 0.29) is 12.5 Å². The standard InChI is InChI=1S/C18H16FN3O2/c19-13-7-8-16-14(10-13)20-18(24)22(16)11-17(23)21-9-3-5-12-4-1-2-6-15(12)21/h1-2,4,6-8,10H,3,5,9,11H2,(H,20,24). The average Bonchev–Trinajstić information content (AvgIpc) is 2.89. The second kappa shape index (κ2) is 5.63. The highest BCUT2D eigenvalue weighted by Gasteiger charge is 2.23. The van der Waals surface area contributed by atoms with E-state index in [0.717, 1.165) is 24.1 Å². The van der Waals surface area contributed by atoms with E-state index in [0.29, 0.717) is 17.6 Å². The van der Waals surface area contributed by atoms with Gasteiger partial charge in [-0.15, -0.1) is 0 Å². The molecule has 1 amide bonds. The first-order chi connectivity index (χ1) is 11.6. The highest BCUT2D eigenvalue weighted by Crippen LogP contribution is 2.27. The fourth-order valence-corrected chi connectivity index (χ4v) is 3.31. The topological polar surface area (TPSA) is 58.1 Å². The fraction of sp³-hybridized carbons (Fsp3) is 0.222. The SMILES string of the molecule is O=C(Cn1c(=O)[nH]c2cc(F)ccc21)N1CCCc2ccccc21. The van der Waals surface area contributed by atoms with Crippen molar-refractivity contribution in [3.8, 4) is 0 Å². The highest BCUT2D eigenvalue weighted by molar-refractivity contribution is 5.95. The number of nitrogens with zero attached hydrogens (tertiary/aromatic N) is 2. The summed E-state index contributed by atoms with van der Waals surface area (Å²) in [5, 5.41) is 0. The molecule has 0 saturated carbocycles. The van der Waals surface area contributed by atoms with Crippen LogP contribution >= 0.6 is 0 Å². The summed E-state index contributed by atoms with van der Waals surface area (Å²) >= 11 is 0. The molecule has 3 aromatic rings. The van der Waals surface area contributed by atoms with Crippen LogP contribution in [0.5, 0.6) is 0 Å². The molecule has 0 bridgehead atoms. The lowest BCUT2D eigenvalue weighted by atomic mass is 10.0. The molecule has 4 rings (SSSR count). The van der Waals surface area contributed by atoms with Crippen molar-refractivity contribution >= 4 is 22.6 Å². The number of aromatic nitrogens is 2. The van der Waals surface area contributed by atoms with Gasteiger partial charge in [-0.1, -0.05) is 18.2 Å². The third kappa shape index (κ3) is 2.40. The van der Waals surface area contributed by atoms with Gasteiger partial charge in [0, 0.05) is 12.2 Å². The number of halogens is 1. The number of hydrogen-bond acceptors (Lipinski definition) is 2. The summed E-state index contributed by atoms with van der Waals surface area (Å²) in [6, 6.07) is 11.9. The van der Waals surface area contributed by atoms with Crippen molar-refractivity contribution in [2.75, 3.05) is 11.4 Å². The monoisotopic (exact) mass is 325 g/mol. The third-order valence-electron chi connectivity index (χ3n) is 4.44. The van der Waals surface area contributed by atoms with Gasteiger partial charge in [0.05, 0.1) is 11.0 Å². The van der Waals surface area contributed by atoms with Gasteiger partial charge in [0.1, 0.15) is 12.4 Å². The Morgan fingerprint density at radius 1 is 1.21 bits per heavy atom. The number of carbonyl (C=O) groups is 1. The van der Waals surface area contributed by atoms with Crippen LogP contribution in [0.1, 0.15) is 12.0 Å². The van der Waals surface area contributed by atoms with Gasteiger partial charge in [-0.2, -0.15) is 0 Å². The number of benzene rings is 2. The van der Waals surface area contributed by atoms with Crippen LogP contribution in [-0.2, 0) is 17.8 Å². The van der Waals surface area contributed by atoms with Gasteiger partial charge >= 0.3 is 5.69 Å². The Labute approximate surface area is 137 Å². The first-order valence-electron chi connectivity index (χ1n) is 7.90. The van der Waals surface area contributed by atoms with Crippen LogP contribution < -0.4 is 10.6 Å². The van der Waals surface area contributed by atoms with Crippen LogP contribution in [0.2, 0.25) is 0 Å². The molecule has 0 unspecified atom stereocenters. The Balaban J connectivity index is 1.69. The zero-order chi connectivity index (χ0) is 16.7. The van der Waals surface area contributed by atoms with E-state index in [2.05, 4.69) is 4.98 Å². The molecule has 1 aliphatic heterocycles. The lowest BCUT2D eigenvalue weighted by molar-refractivity contribution is -0.119. The van der Waals surface area contributed by atoms with Crippen molar-refractivity contribution in [1.82, 2.24) is 9.55 Å². The molecule has 0 atom stereocenters. The van der Waals surface area contributed by atoms with E-state index in [1.54, 1.807) is 4.90 Å². The van der Waals surface area contributed by atoms with Crippen molar-refractivity contribution < 1.29 is 9.18 Å². The first kappa shape index (κ1) is 14.7. The number of amides is 1. The summed E-state index contributed by atoms with van der Waals surface area (Å²) in [6.45, 7) is 0.570. The minimum Gasteiger partial charge on any atom is -0.311 e. The molecule has 6 heteroatoms. The molecule has 0 saturated heterocycles. The number of anilines is 1. The Bertz CT molecular complexity index is 989. The predicted octanol–water partition coefficient (Wildman–Crippen LogP) is 2.45. The van der Waals surface area contributed by atoms with Gasteiger partial charge in [0.2, 0.25) is 5.91 Å². The number of para-hydroxylation sites is 1. The molecule has 122 valence electrons. The molecule has 0 aliphatic carbocycles. The normalized spacial score (nSPS) is 14.0. The molecule has 1 aliphatic rings. The van der Waals surface area contributed by atoms with Crippen molar-refractivity contribution in [2.45, 2.75) is 19.4 Å². The van der Waals surface area contributed by atoms with Crippen LogP contribution in [0.25, 0.3) is 11.0 Å². The van der Waals surface area contributed by atoms with Crippen molar-refractivity contribution in [2.24, 2.45) is 0 Å². The Kier molecular flexibility index (Phi) is 3.45. The molecule has 2 aromatic carbocycles. The van der Waals surface area contributed by atoms with Crippen LogP contribution in [0.4, 0.5) is 10.1 Å². The van der Waals surface area contributed by atoms with Crippen LogP contribution in [0, 0.1) is 5.82 Å². The maximum absolute atomic E-state index is 13.3. The molecule has 5 nitrogen and oxygen atoms in total. The number of H-pyrrole nitrogens is 1. The minimum atomic E-state index is -0.424. The number of aryl methyl sites for hydroxylation is 1. The molecule has 0 spiro atoms. The largest absolute Gasteiger partial charge is 0.326 e. The van der Waals surface area contributed by atoms with Crippen LogP contribution in [0.3, 0.4) is 0 Å². The van der Waals surface area contributed by atoms with Gasteiger partial charge in [-0.3, -0.25) is 9.36 Å². The Morgan fingerprint density at radius 3 is 2.92 bits per heavy atom. The van der Waals surface area contributed by atoms with Crippen molar-refractivity contribution in [1.29, 1.82) is 0 Å². The smallest absolute Gasteiger partial charge is 0.311 e. The molecule has 0 fully saturated rings. The van der Waals surface area contributed by atoms with E-state index >= 15 is 0 Å². The van der Waals surface area contributed by atoms with E-state index in [4.69, 9.17) is 0 Å². The summed E-state index contributed by atoms with van der Waals surface area (Å²) in [4.78, 5) is 29.2. The number of rotatable bonds is 2. The molecular weight excluding hydrogens is 309 g/mol. The van der Waals surface area contributed by atoms with E-state index < -0.39 is 11.5 Å². The molecular formula is C18H16FN3O2. The average molecular weight is 325 g/mol. The lowest BCUT2D eigenvalue weighted by Gasteiger charge is -2.29. The van der Waals surface area contributed by atoms with Gasteiger partial charge in [0.15, 0.2) is 0 Å². The number of hydrogen-bond donors (Lipinski definition) is 1. The van der Waals surface area contributed by atoms with E-state index in [1.807, 2.05) is 24.3 Å². The summed E-state index contributed by atoms with van der Waals surface area (Å²) < 4.78 is 14.6. The number of fused-ring (bicyclic) bond motifs is 2. The molecule has 24 heavy (non-hydrogen) atoms. The summed E-state index contributed by atoms with van der Waals surface area (Å²) in [7, 11) is 0. The van der Waals surface area contributed by atoms with Gasteiger partial charge in [0.25, 0.3) is 0 Å². The third-order valence-corrected chi connectivity index (χ3v) is 4.44. The maximum atomic E-state index is 13.3. The summed E-state index contributed by atoms with van der Waals surface area (Å²) in [5.41, 5.74) is 2.57. The lowest BCUT2D eigenvalue weighted by Crippen LogP contribution is -2.39. The van der Waals surface area contributed by atoms with Gasteiger partial charge in [-0.25, -0.2) is 9.18 Å². The fourth-order valence-electron chi connectivity index (χ4n) is 3.31. The van der Waals surface area contributed by atoms with E-state index in [1.165, 1.54) is 22.8 Å². The molecule has 1 N–H and O–H groups in total. The van der Waals surface area contributed by atoms with Crippen LogP contribution in [0.15, 0.2) is 47.3 Å². The maximum Gasteiger partial charge on any atom is 0.326 e. The van der Waals surface area contributed by atoms with Crippen molar-refractivity contribution in [3.63, 3.8) is 0 Å². The number of nitrogens with one attached hydrogen (secondary N) is 1. The number of aromatic amines is 1. The Morgan fingerprint density at radius 2 is 2.04 bits per heavy atom. The Hall–Kier alpha value is -2.89. The molecule has 0 radical (unpaired) electrons. The minimum absolute atomic E-state index is 0.0706. The zero-order valence-corrected chi connectivity index (χ0v) is 13.0. The number of carbonyl (C=O) groups excluding carboxylic acids is 1. The summed E-state index contributed by atoms with van der Waals surface area (Å²) in [6.07, 6.45) is 1.85.